The van der Waals surface area contributed by atoms with Crippen LogP contribution in [0.4, 0.5) is 0 Å². The molecular weight excluding hydrogens is 208 g/mol. The number of H-pyrrole nitrogens is 1. The average Bonchev–Trinajstić information content (AvgIpc) is 2.65. The van der Waals surface area contributed by atoms with Crippen LogP contribution in [0.25, 0.3) is 0 Å². The van der Waals surface area contributed by atoms with Crippen LogP contribution in [-0.2, 0) is 0 Å². The summed E-state index contributed by atoms with van der Waals surface area (Å²) in [5, 5.41) is 11.3. The van der Waals surface area contributed by atoms with Crippen molar-refractivity contribution in [3.8, 4) is 0 Å². The second-order valence-corrected chi connectivity index (χ2v) is 4.56. The molecule has 0 fully saturated rings. The molecule has 1 aromatic rings. The molecule has 2 N–H and O–H groups in total. The first kappa shape index (κ1) is 12.5. The van der Waals surface area contributed by atoms with Gasteiger partial charge in [0.25, 0.3) is 0 Å². The van der Waals surface area contributed by atoms with E-state index in [9.17, 15) is 0 Å². The first-order valence-corrected chi connectivity index (χ1v) is 6.50. The minimum Gasteiger partial charge on any atom is -0.313 e. The molecule has 4 nitrogen and oxygen atoms in total. The molecule has 0 aliphatic rings. The molecular formula is C10H20N4S. The molecule has 0 aliphatic carbocycles. The summed E-state index contributed by atoms with van der Waals surface area (Å²) in [6.45, 7) is 7.40. The molecule has 5 heteroatoms. The van der Waals surface area contributed by atoms with Crippen LogP contribution in [0.2, 0.25) is 0 Å². The van der Waals surface area contributed by atoms with Gasteiger partial charge in [-0.25, -0.2) is 4.98 Å². The van der Waals surface area contributed by atoms with E-state index in [4.69, 9.17) is 0 Å². The van der Waals surface area contributed by atoms with E-state index in [-0.39, 0.29) is 0 Å². The quantitative estimate of drug-likeness (QED) is 0.701. The van der Waals surface area contributed by atoms with Crippen molar-refractivity contribution >= 4 is 11.8 Å². The molecule has 0 spiro atoms. The molecule has 0 bridgehead atoms. The van der Waals surface area contributed by atoms with E-state index >= 15 is 0 Å². The zero-order chi connectivity index (χ0) is 11.1. The Morgan fingerprint density at radius 3 is 2.80 bits per heavy atom. The Kier molecular flexibility index (Phi) is 5.71. The van der Waals surface area contributed by atoms with Crippen molar-refractivity contribution in [2.45, 2.75) is 44.8 Å². The Labute approximate surface area is 95.6 Å². The topological polar surface area (TPSA) is 53.6 Å². The second kappa shape index (κ2) is 6.85. The van der Waals surface area contributed by atoms with Crippen LogP contribution >= 0.6 is 11.8 Å². The van der Waals surface area contributed by atoms with Gasteiger partial charge in [-0.3, -0.25) is 5.10 Å². The smallest absolute Gasteiger partial charge is 0.208 e. The van der Waals surface area contributed by atoms with Crippen molar-refractivity contribution in [1.29, 1.82) is 0 Å². The zero-order valence-electron chi connectivity index (χ0n) is 9.71. The lowest BCUT2D eigenvalue weighted by Gasteiger charge is -2.14. The largest absolute Gasteiger partial charge is 0.313 e. The Morgan fingerprint density at radius 2 is 2.27 bits per heavy atom. The summed E-state index contributed by atoms with van der Waals surface area (Å²) in [6, 6.07) is 0.564. The molecule has 0 saturated carbocycles. The summed E-state index contributed by atoms with van der Waals surface area (Å²) >= 11 is 1.71. The van der Waals surface area contributed by atoms with Crippen molar-refractivity contribution in [3.05, 3.63) is 5.82 Å². The van der Waals surface area contributed by atoms with Crippen molar-refractivity contribution < 1.29 is 0 Å². The number of nitrogens with one attached hydrogen (secondary N) is 2. The number of aromatic amines is 1. The maximum Gasteiger partial charge on any atom is 0.208 e. The lowest BCUT2D eigenvalue weighted by atomic mass is 10.2. The highest BCUT2D eigenvalue weighted by atomic mass is 32.2. The monoisotopic (exact) mass is 228 g/mol. The lowest BCUT2D eigenvalue weighted by molar-refractivity contribution is 0.539. The standard InChI is InChI=1S/C10H20N4S/c1-4-6-11-9(5-2)7-15-10-12-8(3)13-14-10/h9,11H,4-7H2,1-3H3,(H,12,13,14). The van der Waals surface area contributed by atoms with Crippen LogP contribution in [0.5, 0.6) is 0 Å². The highest BCUT2D eigenvalue weighted by Gasteiger charge is 2.07. The molecule has 0 saturated heterocycles. The summed E-state index contributed by atoms with van der Waals surface area (Å²) in [5.41, 5.74) is 0. The maximum atomic E-state index is 4.27. The van der Waals surface area contributed by atoms with Gasteiger partial charge in [0.05, 0.1) is 0 Å². The highest BCUT2D eigenvalue weighted by Crippen LogP contribution is 2.14. The molecule has 86 valence electrons. The Balaban J connectivity index is 2.27. The fourth-order valence-corrected chi connectivity index (χ4v) is 2.25. The molecule has 15 heavy (non-hydrogen) atoms. The van der Waals surface area contributed by atoms with Crippen LogP contribution in [-0.4, -0.2) is 33.5 Å². The minimum absolute atomic E-state index is 0.564. The van der Waals surface area contributed by atoms with E-state index in [1.165, 1.54) is 6.42 Å². The fourth-order valence-electron chi connectivity index (χ4n) is 1.23. The zero-order valence-corrected chi connectivity index (χ0v) is 10.5. The van der Waals surface area contributed by atoms with Crippen molar-refractivity contribution in [3.63, 3.8) is 0 Å². The molecule has 0 radical (unpaired) electrons. The summed E-state index contributed by atoms with van der Waals surface area (Å²) in [4.78, 5) is 4.27. The summed E-state index contributed by atoms with van der Waals surface area (Å²) in [7, 11) is 0. The molecule has 0 aliphatic heterocycles. The summed E-state index contributed by atoms with van der Waals surface area (Å²) in [5.74, 6) is 1.92. The van der Waals surface area contributed by atoms with Crippen LogP contribution in [0, 0.1) is 6.92 Å². The molecule has 1 rings (SSSR count). The molecule has 1 aromatic heterocycles. The third-order valence-corrected chi connectivity index (χ3v) is 3.18. The Hall–Kier alpha value is -0.550. The molecule has 0 aromatic carbocycles. The van der Waals surface area contributed by atoms with Gasteiger partial charge < -0.3 is 5.32 Å². The van der Waals surface area contributed by atoms with Crippen molar-refractivity contribution in [2.24, 2.45) is 0 Å². The third kappa shape index (κ3) is 4.66. The number of aryl methyl sites for hydroxylation is 1. The van der Waals surface area contributed by atoms with Gasteiger partial charge in [0.2, 0.25) is 5.16 Å². The van der Waals surface area contributed by atoms with Gasteiger partial charge in [-0.15, -0.1) is 5.10 Å². The first-order chi connectivity index (χ1) is 7.26. The predicted molar refractivity (Wildman–Crippen MR) is 64.2 cm³/mol. The SMILES string of the molecule is CCCNC(CC)CSc1n[nH]c(C)n1. The molecule has 1 unspecified atom stereocenters. The van der Waals surface area contributed by atoms with Crippen LogP contribution in [0.15, 0.2) is 5.16 Å². The predicted octanol–water partition coefficient (Wildman–Crippen LogP) is 1.98. The van der Waals surface area contributed by atoms with E-state index in [0.29, 0.717) is 6.04 Å². The number of thioether (sulfide) groups is 1. The third-order valence-electron chi connectivity index (χ3n) is 2.17. The minimum atomic E-state index is 0.564. The summed E-state index contributed by atoms with van der Waals surface area (Å²) < 4.78 is 0. The van der Waals surface area contributed by atoms with Crippen LogP contribution < -0.4 is 5.32 Å². The number of hydrogen-bond donors (Lipinski definition) is 2. The average molecular weight is 228 g/mol. The van der Waals surface area contributed by atoms with Gasteiger partial charge in [-0.05, 0) is 26.3 Å². The number of nitrogens with zero attached hydrogens (tertiary/aromatic N) is 2. The Morgan fingerprint density at radius 1 is 1.47 bits per heavy atom. The van der Waals surface area contributed by atoms with Crippen molar-refractivity contribution in [2.75, 3.05) is 12.3 Å². The van der Waals surface area contributed by atoms with Gasteiger partial charge >= 0.3 is 0 Å². The highest BCUT2D eigenvalue weighted by molar-refractivity contribution is 7.99. The maximum absolute atomic E-state index is 4.27. The van der Waals surface area contributed by atoms with Gasteiger partial charge in [-0.2, -0.15) is 0 Å². The van der Waals surface area contributed by atoms with Crippen LogP contribution in [0.3, 0.4) is 0 Å². The molecule has 1 atom stereocenters. The normalized spacial score (nSPS) is 13.0. The van der Waals surface area contributed by atoms with Crippen molar-refractivity contribution in [1.82, 2.24) is 20.5 Å². The number of rotatable bonds is 7. The Bertz CT molecular complexity index is 274. The first-order valence-electron chi connectivity index (χ1n) is 5.51. The molecule has 0 amide bonds. The van der Waals surface area contributed by atoms with Crippen LogP contribution in [0.1, 0.15) is 32.5 Å². The summed E-state index contributed by atoms with van der Waals surface area (Å²) in [6.07, 6.45) is 2.33. The van der Waals surface area contributed by atoms with Gasteiger partial charge in [0.15, 0.2) is 0 Å². The number of aromatic nitrogens is 3. The van der Waals surface area contributed by atoms with E-state index in [2.05, 4.69) is 34.3 Å². The van der Waals surface area contributed by atoms with E-state index in [1.807, 2.05) is 6.92 Å². The van der Waals surface area contributed by atoms with E-state index < -0.39 is 0 Å². The fraction of sp³-hybridized carbons (Fsp3) is 0.800. The van der Waals surface area contributed by atoms with Gasteiger partial charge in [-0.1, -0.05) is 25.6 Å². The van der Waals surface area contributed by atoms with E-state index in [0.717, 1.165) is 29.7 Å². The van der Waals surface area contributed by atoms with Gasteiger partial charge in [0.1, 0.15) is 5.82 Å². The second-order valence-electron chi connectivity index (χ2n) is 3.57. The number of hydrogen-bond acceptors (Lipinski definition) is 4. The van der Waals surface area contributed by atoms with Gasteiger partial charge in [0, 0.05) is 11.8 Å². The van der Waals surface area contributed by atoms with E-state index in [1.54, 1.807) is 11.8 Å². The molecule has 1 heterocycles. The lowest BCUT2D eigenvalue weighted by Crippen LogP contribution is -2.31.